The largest absolute Gasteiger partial charge is 0.464 e. The molecule has 0 saturated carbocycles. The van der Waals surface area contributed by atoms with Crippen LogP contribution >= 0.6 is 0 Å². The Balaban J connectivity index is 1.88. The van der Waals surface area contributed by atoms with Gasteiger partial charge in [0.25, 0.3) is 5.91 Å². The smallest absolute Gasteiger partial charge is 0.354 e. The van der Waals surface area contributed by atoms with Crippen LogP contribution in [0.15, 0.2) is 24.3 Å². The van der Waals surface area contributed by atoms with Crippen molar-refractivity contribution >= 4 is 17.7 Å². The lowest BCUT2D eigenvalue weighted by Gasteiger charge is -2.30. The fraction of sp³-hybridized carbons (Fsp3) is 0.480. The zero-order chi connectivity index (χ0) is 24.8. The van der Waals surface area contributed by atoms with E-state index < -0.39 is 11.8 Å². The molecule has 1 aliphatic heterocycles. The Kier molecular flexibility index (Phi) is 8.57. The molecule has 1 fully saturated rings. The van der Waals surface area contributed by atoms with Gasteiger partial charge in [-0.2, -0.15) is 0 Å². The zero-order valence-corrected chi connectivity index (χ0v) is 20.2. The lowest BCUT2D eigenvalue weighted by Crippen LogP contribution is -2.44. The molecule has 184 valence electrons. The number of Topliss-reactive ketones (excluding diaryl/α,β-unsaturated/α-hetero) is 1. The number of aromatic nitrogens is 1. The van der Waals surface area contributed by atoms with Gasteiger partial charge in [-0.05, 0) is 50.6 Å². The Hall–Kier alpha value is -3.04. The van der Waals surface area contributed by atoms with Crippen LogP contribution in [0.25, 0.3) is 0 Å². The van der Waals surface area contributed by atoms with Crippen molar-refractivity contribution in [3.63, 3.8) is 0 Å². The quantitative estimate of drug-likeness (QED) is 0.412. The molecule has 0 N–H and O–H groups in total. The van der Waals surface area contributed by atoms with E-state index in [0.717, 1.165) is 13.1 Å². The first-order valence-electron chi connectivity index (χ1n) is 11.4. The first-order chi connectivity index (χ1) is 16.3. The number of benzene rings is 1. The third-order valence-corrected chi connectivity index (χ3v) is 6.24. The molecule has 0 atom stereocenters. The second-order valence-corrected chi connectivity index (χ2v) is 8.28. The molecule has 9 heteroatoms. The topological polar surface area (TPSA) is 81.1 Å². The number of esters is 1. The highest BCUT2D eigenvalue weighted by Gasteiger charge is 2.29. The number of ether oxygens (including phenoxy) is 2. The maximum atomic E-state index is 13.5. The summed E-state index contributed by atoms with van der Waals surface area (Å²) in [5, 5.41) is 0. The molecule has 2 heterocycles. The van der Waals surface area contributed by atoms with Crippen molar-refractivity contribution in [1.82, 2.24) is 14.4 Å². The van der Waals surface area contributed by atoms with Crippen LogP contribution in [-0.2, 0) is 16.0 Å². The molecule has 1 amide bonds. The predicted molar refractivity (Wildman–Crippen MR) is 125 cm³/mol. The summed E-state index contributed by atoms with van der Waals surface area (Å²) in [5.41, 5.74) is 2.28. The highest BCUT2D eigenvalue weighted by molar-refractivity contribution is 6.06. The molecule has 0 aliphatic carbocycles. The summed E-state index contributed by atoms with van der Waals surface area (Å²) < 4.78 is 25.5. The van der Waals surface area contributed by atoms with E-state index in [1.54, 1.807) is 18.4 Å². The maximum absolute atomic E-state index is 13.5. The Labute approximate surface area is 199 Å². The van der Waals surface area contributed by atoms with Crippen molar-refractivity contribution in [2.45, 2.75) is 27.3 Å². The van der Waals surface area contributed by atoms with E-state index in [1.165, 1.54) is 36.3 Å². The van der Waals surface area contributed by atoms with Crippen molar-refractivity contribution in [3.05, 3.63) is 58.2 Å². The fourth-order valence-electron chi connectivity index (χ4n) is 4.43. The molecule has 0 bridgehead atoms. The van der Waals surface area contributed by atoms with Gasteiger partial charge in [0.1, 0.15) is 11.5 Å². The second kappa shape index (κ2) is 11.4. The monoisotopic (exact) mass is 473 g/mol. The Morgan fingerprint density at radius 3 is 2.35 bits per heavy atom. The molecule has 0 spiro atoms. The van der Waals surface area contributed by atoms with Gasteiger partial charge in [-0.25, -0.2) is 9.18 Å². The fourth-order valence-corrected chi connectivity index (χ4v) is 4.43. The number of ketones is 1. The van der Waals surface area contributed by atoms with Crippen molar-refractivity contribution in [3.8, 4) is 0 Å². The van der Waals surface area contributed by atoms with Crippen LogP contribution < -0.4 is 0 Å². The summed E-state index contributed by atoms with van der Waals surface area (Å²) in [5.74, 6) is -1.55. The van der Waals surface area contributed by atoms with E-state index in [1.807, 2.05) is 6.92 Å². The number of amides is 1. The average molecular weight is 474 g/mol. The van der Waals surface area contributed by atoms with Crippen molar-refractivity contribution < 1.29 is 28.2 Å². The number of hydrogen-bond donors (Lipinski definition) is 0. The van der Waals surface area contributed by atoms with Crippen LogP contribution in [0.5, 0.6) is 0 Å². The van der Waals surface area contributed by atoms with Gasteiger partial charge in [0, 0.05) is 49.5 Å². The van der Waals surface area contributed by atoms with Gasteiger partial charge >= 0.3 is 5.97 Å². The predicted octanol–water partition coefficient (Wildman–Crippen LogP) is 2.71. The molecule has 1 aliphatic rings. The SMILES string of the molecule is CCn1c(C)c(C(=O)CN(CCN2CCOCC2)C(=O)c2ccc(F)cc2)c(C)c1C(=O)OC. The summed E-state index contributed by atoms with van der Waals surface area (Å²) in [6.07, 6.45) is 0. The summed E-state index contributed by atoms with van der Waals surface area (Å²) in [4.78, 5) is 42.8. The van der Waals surface area contributed by atoms with Gasteiger partial charge in [-0.15, -0.1) is 0 Å². The maximum Gasteiger partial charge on any atom is 0.354 e. The zero-order valence-electron chi connectivity index (χ0n) is 20.2. The van der Waals surface area contributed by atoms with Crippen molar-refractivity contribution in [2.24, 2.45) is 0 Å². The minimum absolute atomic E-state index is 0.156. The van der Waals surface area contributed by atoms with E-state index >= 15 is 0 Å². The number of carbonyl (C=O) groups is 3. The van der Waals surface area contributed by atoms with Gasteiger partial charge in [0.05, 0.1) is 26.9 Å². The molecule has 34 heavy (non-hydrogen) atoms. The number of carbonyl (C=O) groups excluding carboxylic acids is 3. The Morgan fingerprint density at radius 1 is 1.12 bits per heavy atom. The first-order valence-corrected chi connectivity index (χ1v) is 11.4. The molecule has 0 radical (unpaired) electrons. The highest BCUT2D eigenvalue weighted by atomic mass is 19.1. The lowest BCUT2D eigenvalue weighted by atomic mass is 10.0. The van der Waals surface area contributed by atoms with Crippen LogP contribution in [0.3, 0.4) is 0 Å². The summed E-state index contributed by atoms with van der Waals surface area (Å²) in [6, 6.07) is 5.30. The minimum Gasteiger partial charge on any atom is -0.464 e. The molecule has 1 saturated heterocycles. The third kappa shape index (κ3) is 5.53. The third-order valence-electron chi connectivity index (χ3n) is 6.24. The summed E-state index contributed by atoms with van der Waals surface area (Å²) >= 11 is 0. The van der Waals surface area contributed by atoms with Gasteiger partial charge in [0.15, 0.2) is 5.78 Å². The molecule has 0 unspecified atom stereocenters. The van der Waals surface area contributed by atoms with Gasteiger partial charge < -0.3 is 18.9 Å². The number of rotatable bonds is 9. The number of halogens is 1. The van der Waals surface area contributed by atoms with Crippen LogP contribution in [0.2, 0.25) is 0 Å². The van der Waals surface area contributed by atoms with Crippen molar-refractivity contribution in [2.75, 3.05) is 53.0 Å². The molecule has 1 aromatic heterocycles. The Morgan fingerprint density at radius 2 is 1.76 bits per heavy atom. The van der Waals surface area contributed by atoms with E-state index in [0.29, 0.717) is 60.9 Å². The number of morpholine rings is 1. The highest BCUT2D eigenvalue weighted by Crippen LogP contribution is 2.24. The molecule has 1 aromatic carbocycles. The van der Waals surface area contributed by atoms with Crippen LogP contribution in [0, 0.1) is 19.7 Å². The van der Waals surface area contributed by atoms with Crippen LogP contribution in [0.1, 0.15) is 49.4 Å². The molecule has 3 rings (SSSR count). The summed E-state index contributed by atoms with van der Waals surface area (Å²) in [7, 11) is 1.31. The number of methoxy groups -OCH3 is 1. The van der Waals surface area contributed by atoms with Crippen molar-refractivity contribution in [1.29, 1.82) is 0 Å². The van der Waals surface area contributed by atoms with E-state index in [-0.39, 0.29) is 18.2 Å². The number of hydrogen-bond acceptors (Lipinski definition) is 6. The second-order valence-electron chi connectivity index (χ2n) is 8.28. The molecule has 2 aromatic rings. The number of nitrogens with zero attached hydrogens (tertiary/aromatic N) is 3. The average Bonchev–Trinajstić information content (AvgIpc) is 3.10. The summed E-state index contributed by atoms with van der Waals surface area (Å²) in [6.45, 7) is 9.43. The van der Waals surface area contributed by atoms with Crippen LogP contribution in [-0.4, -0.2) is 85.1 Å². The molecular weight excluding hydrogens is 441 g/mol. The molecular formula is C25H32FN3O5. The standard InChI is InChI=1S/C25H32FN3O5/c1-5-29-18(3)22(17(2)23(29)25(32)33-4)21(30)16-28(11-10-27-12-14-34-15-13-27)24(31)19-6-8-20(26)9-7-19/h6-9H,5,10-16H2,1-4H3. The van der Waals surface area contributed by atoms with E-state index in [4.69, 9.17) is 9.47 Å². The first kappa shape index (κ1) is 25.6. The van der Waals surface area contributed by atoms with Gasteiger partial charge in [-0.1, -0.05) is 0 Å². The van der Waals surface area contributed by atoms with Crippen LogP contribution in [0.4, 0.5) is 4.39 Å². The minimum atomic E-state index is -0.506. The van der Waals surface area contributed by atoms with E-state index in [9.17, 15) is 18.8 Å². The normalized spacial score (nSPS) is 14.1. The van der Waals surface area contributed by atoms with Gasteiger partial charge in [-0.3, -0.25) is 14.5 Å². The van der Waals surface area contributed by atoms with E-state index in [2.05, 4.69) is 4.90 Å². The Bertz CT molecular complexity index is 1040. The van der Waals surface area contributed by atoms with Gasteiger partial charge in [0.2, 0.25) is 0 Å². The molecule has 8 nitrogen and oxygen atoms in total. The lowest BCUT2D eigenvalue weighted by molar-refractivity contribution is 0.0323.